The highest BCUT2D eigenvalue weighted by Gasteiger charge is 2.13. The molecule has 2 rings (SSSR count). The van der Waals surface area contributed by atoms with Crippen LogP contribution in [-0.4, -0.2) is 0 Å². The summed E-state index contributed by atoms with van der Waals surface area (Å²) in [5.41, 5.74) is 2.82. The van der Waals surface area contributed by atoms with Crippen molar-refractivity contribution in [3.05, 3.63) is 50.1 Å². The van der Waals surface area contributed by atoms with Gasteiger partial charge in [0.25, 0.3) is 0 Å². The zero-order valence-electron chi connectivity index (χ0n) is 9.71. The average Bonchev–Trinajstić information content (AvgIpc) is 2.69. The Kier molecular flexibility index (Phi) is 4.19. The third-order valence-electron chi connectivity index (χ3n) is 2.56. The number of thiophene rings is 1. The van der Waals surface area contributed by atoms with E-state index in [0.29, 0.717) is 8.67 Å². The molecule has 0 saturated heterocycles. The van der Waals surface area contributed by atoms with Crippen LogP contribution in [0.3, 0.4) is 0 Å². The van der Waals surface area contributed by atoms with E-state index in [4.69, 9.17) is 29.6 Å². The zero-order chi connectivity index (χ0) is 13.1. The van der Waals surface area contributed by atoms with Gasteiger partial charge in [0.05, 0.1) is 14.7 Å². The van der Waals surface area contributed by atoms with Gasteiger partial charge in [0.15, 0.2) is 0 Å². The summed E-state index contributed by atoms with van der Waals surface area (Å²) in [6, 6.07) is 9.68. The first kappa shape index (κ1) is 13.3. The molecule has 0 radical (unpaired) electrons. The van der Waals surface area contributed by atoms with Gasteiger partial charge in [0, 0.05) is 16.8 Å². The maximum absolute atomic E-state index is 6.13. The number of rotatable bonds is 3. The van der Waals surface area contributed by atoms with Crippen molar-refractivity contribution in [2.75, 3.05) is 5.32 Å². The summed E-state index contributed by atoms with van der Waals surface area (Å²) in [5, 5.41) is 3.36. The van der Waals surface area contributed by atoms with E-state index in [0.717, 1.165) is 16.8 Å². The van der Waals surface area contributed by atoms with E-state index in [9.17, 15) is 0 Å². The first-order valence-corrected chi connectivity index (χ1v) is 6.95. The zero-order valence-corrected chi connectivity index (χ0v) is 12.0. The van der Waals surface area contributed by atoms with Gasteiger partial charge in [-0.05, 0) is 31.2 Å². The highest BCUT2D eigenvalue weighted by molar-refractivity contribution is 7.20. The van der Waals surface area contributed by atoms with Gasteiger partial charge < -0.3 is 5.32 Å². The van der Waals surface area contributed by atoms with Gasteiger partial charge in [-0.15, -0.1) is 17.8 Å². The number of benzene rings is 1. The lowest BCUT2D eigenvalue weighted by Gasteiger charge is -2.14. The Hall–Kier alpha value is -1.14. The van der Waals surface area contributed by atoms with Crippen molar-refractivity contribution in [2.45, 2.75) is 13.0 Å². The standard InChI is InChI=1S/C14H11Cl2NS/c1-3-10-5-4-6-11(7-10)17-9(2)12-8-13(15)18-14(12)16/h1,4-9,17H,2H3. The highest BCUT2D eigenvalue weighted by Crippen LogP contribution is 2.36. The number of hydrogen-bond acceptors (Lipinski definition) is 2. The summed E-state index contributed by atoms with van der Waals surface area (Å²) in [7, 11) is 0. The van der Waals surface area contributed by atoms with Crippen LogP contribution in [0.4, 0.5) is 5.69 Å². The Bertz CT molecular complexity index is 598. The van der Waals surface area contributed by atoms with Gasteiger partial charge in [0.1, 0.15) is 0 Å². The molecule has 0 spiro atoms. The predicted molar refractivity (Wildman–Crippen MR) is 80.8 cm³/mol. The van der Waals surface area contributed by atoms with Gasteiger partial charge in [-0.25, -0.2) is 0 Å². The number of halogens is 2. The predicted octanol–water partition coefficient (Wildman–Crippen LogP) is 5.21. The van der Waals surface area contributed by atoms with Crippen molar-refractivity contribution in [1.29, 1.82) is 0 Å². The molecule has 1 nitrogen and oxygen atoms in total. The van der Waals surface area contributed by atoms with Crippen LogP contribution in [0.15, 0.2) is 30.3 Å². The molecule has 1 aromatic carbocycles. The summed E-state index contributed by atoms with van der Waals surface area (Å²) in [6.45, 7) is 2.03. The maximum Gasteiger partial charge on any atom is 0.0996 e. The van der Waals surface area contributed by atoms with E-state index in [1.165, 1.54) is 11.3 Å². The number of nitrogens with one attached hydrogen (secondary N) is 1. The summed E-state index contributed by atoms with van der Waals surface area (Å²) in [4.78, 5) is 0. The highest BCUT2D eigenvalue weighted by atomic mass is 35.5. The third kappa shape index (κ3) is 3.00. The fraction of sp³-hybridized carbons (Fsp3) is 0.143. The lowest BCUT2D eigenvalue weighted by Crippen LogP contribution is -2.05. The first-order valence-electron chi connectivity index (χ1n) is 5.38. The van der Waals surface area contributed by atoms with Gasteiger partial charge in [-0.3, -0.25) is 0 Å². The molecule has 1 atom stereocenters. The molecule has 4 heteroatoms. The molecule has 18 heavy (non-hydrogen) atoms. The van der Waals surface area contributed by atoms with E-state index < -0.39 is 0 Å². The Morgan fingerprint density at radius 2 is 2.11 bits per heavy atom. The summed E-state index contributed by atoms with van der Waals surface area (Å²) in [5.74, 6) is 2.61. The quantitative estimate of drug-likeness (QED) is 0.767. The average molecular weight is 296 g/mol. The molecule has 0 aliphatic carbocycles. The van der Waals surface area contributed by atoms with Crippen LogP contribution < -0.4 is 5.32 Å². The molecule has 92 valence electrons. The summed E-state index contributed by atoms with van der Waals surface area (Å²) >= 11 is 13.4. The fourth-order valence-electron chi connectivity index (χ4n) is 1.67. The molecule has 1 unspecified atom stereocenters. The largest absolute Gasteiger partial charge is 0.378 e. The molecular weight excluding hydrogens is 285 g/mol. The molecule has 0 amide bonds. The second-order valence-electron chi connectivity index (χ2n) is 3.87. The van der Waals surface area contributed by atoms with Crippen molar-refractivity contribution in [1.82, 2.24) is 0 Å². The van der Waals surface area contributed by atoms with E-state index >= 15 is 0 Å². The van der Waals surface area contributed by atoms with Crippen molar-refractivity contribution < 1.29 is 0 Å². The van der Waals surface area contributed by atoms with E-state index in [-0.39, 0.29) is 6.04 Å². The van der Waals surface area contributed by atoms with Gasteiger partial charge in [-0.2, -0.15) is 0 Å². The van der Waals surface area contributed by atoms with Crippen LogP contribution in [0.5, 0.6) is 0 Å². The normalized spacial score (nSPS) is 11.9. The van der Waals surface area contributed by atoms with Crippen molar-refractivity contribution in [3.63, 3.8) is 0 Å². The Morgan fingerprint density at radius 3 is 2.72 bits per heavy atom. The van der Waals surface area contributed by atoms with Crippen LogP contribution in [0.25, 0.3) is 0 Å². The molecule has 1 aromatic heterocycles. The van der Waals surface area contributed by atoms with Gasteiger partial charge in [0.2, 0.25) is 0 Å². The Balaban J connectivity index is 2.18. The van der Waals surface area contributed by atoms with E-state index in [2.05, 4.69) is 11.2 Å². The Morgan fingerprint density at radius 1 is 1.33 bits per heavy atom. The van der Waals surface area contributed by atoms with Crippen LogP contribution in [0, 0.1) is 12.3 Å². The smallest absolute Gasteiger partial charge is 0.0996 e. The first-order chi connectivity index (χ1) is 8.60. The molecule has 0 bridgehead atoms. The Labute approximate surface area is 121 Å². The summed E-state index contributed by atoms with van der Waals surface area (Å²) in [6.07, 6.45) is 5.37. The molecule has 0 aliphatic rings. The van der Waals surface area contributed by atoms with E-state index in [1.807, 2.05) is 37.3 Å². The van der Waals surface area contributed by atoms with E-state index in [1.54, 1.807) is 0 Å². The van der Waals surface area contributed by atoms with Crippen LogP contribution >= 0.6 is 34.5 Å². The fourth-order valence-corrected chi connectivity index (χ4v) is 3.32. The minimum Gasteiger partial charge on any atom is -0.378 e. The SMILES string of the molecule is C#Cc1cccc(NC(C)c2cc(Cl)sc2Cl)c1. The minimum atomic E-state index is 0.0780. The maximum atomic E-state index is 6.13. The molecule has 1 N–H and O–H groups in total. The molecule has 0 fully saturated rings. The molecular formula is C14H11Cl2NS. The third-order valence-corrected chi connectivity index (χ3v) is 4.08. The monoisotopic (exact) mass is 295 g/mol. The number of terminal acetylenes is 1. The van der Waals surface area contributed by atoms with Gasteiger partial charge in [-0.1, -0.05) is 35.2 Å². The number of hydrogen-bond donors (Lipinski definition) is 1. The van der Waals surface area contributed by atoms with Crippen molar-refractivity contribution >= 4 is 40.2 Å². The second-order valence-corrected chi connectivity index (χ2v) is 6.16. The van der Waals surface area contributed by atoms with Crippen LogP contribution in [0.1, 0.15) is 24.1 Å². The molecule has 1 heterocycles. The molecule has 2 aromatic rings. The van der Waals surface area contributed by atoms with Crippen LogP contribution in [0.2, 0.25) is 8.67 Å². The van der Waals surface area contributed by atoms with Crippen LogP contribution in [-0.2, 0) is 0 Å². The topological polar surface area (TPSA) is 12.0 Å². The second kappa shape index (κ2) is 5.67. The number of anilines is 1. The van der Waals surface area contributed by atoms with Crippen molar-refractivity contribution in [3.8, 4) is 12.3 Å². The van der Waals surface area contributed by atoms with Gasteiger partial charge >= 0.3 is 0 Å². The van der Waals surface area contributed by atoms with Crippen molar-refractivity contribution in [2.24, 2.45) is 0 Å². The molecule has 0 saturated carbocycles. The summed E-state index contributed by atoms with van der Waals surface area (Å²) < 4.78 is 1.41. The lowest BCUT2D eigenvalue weighted by molar-refractivity contribution is 0.891. The lowest BCUT2D eigenvalue weighted by atomic mass is 10.1. The minimum absolute atomic E-state index is 0.0780. The molecule has 0 aliphatic heterocycles.